The van der Waals surface area contributed by atoms with Crippen LogP contribution in [-0.4, -0.2) is 27.9 Å². The average Bonchev–Trinajstić information content (AvgIpc) is 2.71. The molecule has 0 atom stereocenters. The van der Waals surface area contributed by atoms with Crippen molar-refractivity contribution in [3.63, 3.8) is 0 Å². The first-order chi connectivity index (χ1) is 10.3. The predicted octanol–water partition coefficient (Wildman–Crippen LogP) is 2.91. The van der Waals surface area contributed by atoms with Crippen LogP contribution in [0.3, 0.4) is 0 Å². The van der Waals surface area contributed by atoms with Crippen LogP contribution in [0, 0.1) is 13.8 Å². The second kappa shape index (κ2) is 4.53. The number of hydrogen-bond acceptors (Lipinski definition) is 3. The highest BCUT2D eigenvalue weighted by Gasteiger charge is 2.32. The molecule has 3 rings (SSSR count). The Morgan fingerprint density at radius 1 is 0.909 bits per heavy atom. The van der Waals surface area contributed by atoms with Crippen molar-refractivity contribution in [2.75, 3.05) is 0 Å². The summed E-state index contributed by atoms with van der Waals surface area (Å²) in [6.45, 7) is 3.29. The molecule has 0 heterocycles. The highest BCUT2D eigenvalue weighted by atomic mass is 16.4. The van der Waals surface area contributed by atoms with Gasteiger partial charge < -0.3 is 10.2 Å². The molecule has 0 aliphatic heterocycles. The molecule has 1 aliphatic carbocycles. The van der Waals surface area contributed by atoms with Crippen molar-refractivity contribution < 1.29 is 24.6 Å². The topological polar surface area (TPSA) is 91.7 Å². The largest absolute Gasteiger partial charge is 0.478 e. The van der Waals surface area contributed by atoms with E-state index in [-0.39, 0.29) is 16.9 Å². The second-order valence-corrected chi connectivity index (χ2v) is 5.32. The third-order valence-electron chi connectivity index (χ3n) is 4.02. The summed E-state index contributed by atoms with van der Waals surface area (Å²) in [5.41, 5.74) is 3.11. The van der Waals surface area contributed by atoms with Gasteiger partial charge in [-0.1, -0.05) is 6.07 Å². The minimum absolute atomic E-state index is 0.0349. The molecule has 0 spiro atoms. The molecule has 110 valence electrons. The van der Waals surface area contributed by atoms with Crippen LogP contribution in [0.4, 0.5) is 0 Å². The van der Waals surface area contributed by atoms with Gasteiger partial charge in [-0.3, -0.25) is 4.79 Å². The monoisotopic (exact) mass is 296 g/mol. The molecule has 0 radical (unpaired) electrons. The van der Waals surface area contributed by atoms with Crippen LogP contribution in [-0.2, 0) is 0 Å². The standard InChI is InChI=1S/C17H12O5/c1-7-5-11-10-4-3-9(16(19)20)6-12(10)15(18)14(11)8(2)13(7)17(21)22/h3-6H,1-2H3,(H,19,20)(H,21,22). The first-order valence-corrected chi connectivity index (χ1v) is 6.62. The van der Waals surface area contributed by atoms with Gasteiger partial charge in [0.25, 0.3) is 0 Å². The molecule has 2 N–H and O–H groups in total. The van der Waals surface area contributed by atoms with E-state index in [2.05, 4.69) is 0 Å². The fraction of sp³-hybridized carbons (Fsp3) is 0.118. The van der Waals surface area contributed by atoms with Crippen molar-refractivity contribution in [3.05, 3.63) is 57.6 Å². The maximum absolute atomic E-state index is 12.6. The van der Waals surface area contributed by atoms with E-state index in [0.717, 1.165) is 0 Å². The van der Waals surface area contributed by atoms with Gasteiger partial charge in [-0.05, 0) is 54.3 Å². The number of aromatic carboxylic acids is 2. The van der Waals surface area contributed by atoms with E-state index in [1.165, 1.54) is 12.1 Å². The van der Waals surface area contributed by atoms with E-state index in [9.17, 15) is 19.5 Å². The summed E-state index contributed by atoms with van der Waals surface area (Å²) in [6, 6.07) is 6.06. The van der Waals surface area contributed by atoms with Crippen molar-refractivity contribution in [2.24, 2.45) is 0 Å². The number of fused-ring (bicyclic) bond motifs is 3. The Labute approximate surface area is 125 Å². The Bertz CT molecular complexity index is 877. The molecule has 2 aromatic rings. The van der Waals surface area contributed by atoms with Gasteiger partial charge in [-0.2, -0.15) is 0 Å². The summed E-state index contributed by atoms with van der Waals surface area (Å²) in [6.07, 6.45) is 0. The van der Waals surface area contributed by atoms with E-state index in [1.807, 2.05) is 0 Å². The molecule has 1 aliphatic rings. The highest BCUT2D eigenvalue weighted by Crippen LogP contribution is 2.40. The number of aryl methyl sites for hydroxylation is 1. The summed E-state index contributed by atoms with van der Waals surface area (Å²) in [5, 5.41) is 18.4. The van der Waals surface area contributed by atoms with Crippen LogP contribution < -0.4 is 0 Å². The van der Waals surface area contributed by atoms with Crippen LogP contribution in [0.1, 0.15) is 47.8 Å². The first-order valence-electron chi connectivity index (χ1n) is 6.62. The second-order valence-electron chi connectivity index (χ2n) is 5.32. The summed E-state index contributed by atoms with van der Waals surface area (Å²) >= 11 is 0. The smallest absolute Gasteiger partial charge is 0.336 e. The van der Waals surface area contributed by atoms with Gasteiger partial charge in [0.05, 0.1) is 11.1 Å². The molecule has 5 heteroatoms. The van der Waals surface area contributed by atoms with Gasteiger partial charge in [0, 0.05) is 11.1 Å². The average molecular weight is 296 g/mol. The lowest BCUT2D eigenvalue weighted by Gasteiger charge is -2.10. The van der Waals surface area contributed by atoms with Crippen molar-refractivity contribution in [3.8, 4) is 11.1 Å². The Hall–Kier alpha value is -2.95. The third kappa shape index (κ3) is 1.75. The molecule has 2 aromatic carbocycles. The molecule has 22 heavy (non-hydrogen) atoms. The van der Waals surface area contributed by atoms with Crippen LogP contribution in [0.25, 0.3) is 11.1 Å². The number of carboxylic acid groups (broad SMARTS) is 2. The maximum Gasteiger partial charge on any atom is 0.336 e. The number of carbonyl (C=O) groups excluding carboxylic acids is 1. The maximum atomic E-state index is 12.6. The molecular weight excluding hydrogens is 284 g/mol. The fourth-order valence-electron chi connectivity index (χ4n) is 3.05. The minimum Gasteiger partial charge on any atom is -0.478 e. The lowest BCUT2D eigenvalue weighted by molar-refractivity contribution is 0.0685. The number of benzene rings is 2. The van der Waals surface area contributed by atoms with E-state index in [1.54, 1.807) is 26.0 Å². The molecule has 0 bridgehead atoms. The Morgan fingerprint density at radius 3 is 2.18 bits per heavy atom. The molecule has 0 fully saturated rings. The Morgan fingerprint density at radius 2 is 1.59 bits per heavy atom. The van der Waals surface area contributed by atoms with Crippen molar-refractivity contribution in [1.82, 2.24) is 0 Å². The zero-order valence-electron chi connectivity index (χ0n) is 11.9. The quantitative estimate of drug-likeness (QED) is 0.758. The van der Waals surface area contributed by atoms with Crippen LogP contribution in [0.15, 0.2) is 24.3 Å². The summed E-state index contributed by atoms with van der Waals surface area (Å²) in [4.78, 5) is 35.0. The van der Waals surface area contributed by atoms with Crippen molar-refractivity contribution in [1.29, 1.82) is 0 Å². The lowest BCUT2D eigenvalue weighted by Crippen LogP contribution is -2.08. The number of hydrogen-bond donors (Lipinski definition) is 2. The number of carbonyl (C=O) groups is 3. The van der Waals surface area contributed by atoms with Crippen molar-refractivity contribution >= 4 is 17.7 Å². The fourth-order valence-corrected chi connectivity index (χ4v) is 3.05. The summed E-state index contributed by atoms with van der Waals surface area (Å²) in [5.74, 6) is -2.51. The summed E-state index contributed by atoms with van der Waals surface area (Å²) in [7, 11) is 0. The van der Waals surface area contributed by atoms with Gasteiger partial charge in [0.2, 0.25) is 0 Å². The SMILES string of the molecule is Cc1cc2c(c(C)c1C(=O)O)C(=O)c1cc(C(=O)O)ccc1-2. The van der Waals surface area contributed by atoms with Gasteiger partial charge in [-0.15, -0.1) is 0 Å². The number of carboxylic acids is 2. The lowest BCUT2D eigenvalue weighted by atomic mass is 9.93. The van der Waals surface area contributed by atoms with E-state index >= 15 is 0 Å². The number of ketones is 1. The Kier molecular flexibility index (Phi) is 2.88. The zero-order valence-corrected chi connectivity index (χ0v) is 11.9. The summed E-state index contributed by atoms with van der Waals surface area (Å²) < 4.78 is 0. The van der Waals surface area contributed by atoms with Crippen molar-refractivity contribution in [2.45, 2.75) is 13.8 Å². The predicted molar refractivity (Wildman–Crippen MR) is 78.7 cm³/mol. The molecular formula is C17H12O5. The van der Waals surface area contributed by atoms with E-state index in [0.29, 0.717) is 33.4 Å². The zero-order chi connectivity index (χ0) is 16.2. The Balaban J connectivity index is 2.32. The van der Waals surface area contributed by atoms with E-state index in [4.69, 9.17) is 5.11 Å². The van der Waals surface area contributed by atoms with Crippen LogP contribution in [0.2, 0.25) is 0 Å². The minimum atomic E-state index is -1.11. The first kappa shape index (κ1) is 14.0. The van der Waals surface area contributed by atoms with Gasteiger partial charge in [-0.25, -0.2) is 9.59 Å². The molecule has 0 unspecified atom stereocenters. The van der Waals surface area contributed by atoms with Crippen LogP contribution >= 0.6 is 0 Å². The molecule has 5 nitrogen and oxygen atoms in total. The van der Waals surface area contributed by atoms with Gasteiger partial charge in [0.15, 0.2) is 5.78 Å². The van der Waals surface area contributed by atoms with Gasteiger partial charge >= 0.3 is 11.9 Å². The van der Waals surface area contributed by atoms with E-state index < -0.39 is 11.9 Å². The molecule has 0 amide bonds. The van der Waals surface area contributed by atoms with Crippen LogP contribution in [0.5, 0.6) is 0 Å². The number of rotatable bonds is 2. The third-order valence-corrected chi connectivity index (χ3v) is 4.02. The molecule has 0 saturated heterocycles. The van der Waals surface area contributed by atoms with Gasteiger partial charge in [0.1, 0.15) is 0 Å². The highest BCUT2D eigenvalue weighted by molar-refractivity contribution is 6.24. The molecule has 0 aromatic heterocycles. The molecule has 0 saturated carbocycles. The normalized spacial score (nSPS) is 12.0.